The quantitative estimate of drug-likeness (QED) is 0.778. The predicted octanol–water partition coefficient (Wildman–Crippen LogP) is 4.17. The van der Waals surface area contributed by atoms with Gasteiger partial charge in [-0.3, -0.25) is 4.79 Å². The summed E-state index contributed by atoms with van der Waals surface area (Å²) in [5, 5.41) is 9.91. The SMILES string of the molecule is O=c1c(-c2cccc(OCCF)c2)coc2cc(O)c(Cl)cc12. The van der Waals surface area contributed by atoms with E-state index in [1.54, 1.807) is 24.3 Å². The summed E-state index contributed by atoms with van der Waals surface area (Å²) < 4.78 is 22.8. The maximum Gasteiger partial charge on any atom is 0.200 e. The van der Waals surface area contributed by atoms with Crippen molar-refractivity contribution >= 4 is 22.6 Å². The molecule has 0 aliphatic carbocycles. The van der Waals surface area contributed by atoms with Crippen LogP contribution in [0.25, 0.3) is 22.1 Å². The molecule has 0 bridgehead atoms. The Morgan fingerprint density at radius 3 is 2.87 bits per heavy atom. The van der Waals surface area contributed by atoms with Gasteiger partial charge in [0.2, 0.25) is 5.43 Å². The number of aromatic hydroxyl groups is 1. The predicted molar refractivity (Wildman–Crippen MR) is 86.1 cm³/mol. The number of alkyl halides is 1. The van der Waals surface area contributed by atoms with E-state index in [1.807, 2.05) is 0 Å². The van der Waals surface area contributed by atoms with E-state index in [1.165, 1.54) is 18.4 Å². The number of halogens is 2. The second-order valence-electron chi connectivity index (χ2n) is 4.84. The van der Waals surface area contributed by atoms with Gasteiger partial charge in [0.15, 0.2) is 0 Å². The van der Waals surface area contributed by atoms with Gasteiger partial charge in [-0.25, -0.2) is 4.39 Å². The summed E-state index contributed by atoms with van der Waals surface area (Å²) in [6, 6.07) is 9.40. The van der Waals surface area contributed by atoms with Crippen LogP contribution in [0.5, 0.6) is 11.5 Å². The van der Waals surface area contributed by atoms with E-state index in [-0.39, 0.29) is 33.8 Å². The fraction of sp³-hybridized carbons (Fsp3) is 0.118. The molecule has 0 atom stereocenters. The van der Waals surface area contributed by atoms with Gasteiger partial charge in [0, 0.05) is 6.07 Å². The zero-order valence-corrected chi connectivity index (χ0v) is 12.6. The van der Waals surface area contributed by atoms with Crippen molar-refractivity contribution in [1.82, 2.24) is 0 Å². The molecule has 0 aliphatic rings. The van der Waals surface area contributed by atoms with E-state index in [0.717, 1.165) is 0 Å². The molecule has 0 radical (unpaired) electrons. The second-order valence-corrected chi connectivity index (χ2v) is 5.25. The summed E-state index contributed by atoms with van der Waals surface area (Å²) in [4.78, 5) is 12.6. The van der Waals surface area contributed by atoms with Crippen LogP contribution < -0.4 is 10.2 Å². The number of fused-ring (bicyclic) bond motifs is 1. The van der Waals surface area contributed by atoms with Gasteiger partial charge < -0.3 is 14.3 Å². The largest absolute Gasteiger partial charge is 0.506 e. The molecule has 2 aromatic carbocycles. The second kappa shape index (κ2) is 6.30. The summed E-state index contributed by atoms with van der Waals surface area (Å²) in [7, 11) is 0. The molecule has 1 N–H and O–H groups in total. The summed E-state index contributed by atoms with van der Waals surface area (Å²) in [5.74, 6) is 0.306. The van der Waals surface area contributed by atoms with E-state index in [2.05, 4.69) is 0 Å². The highest BCUT2D eigenvalue weighted by Crippen LogP contribution is 2.29. The van der Waals surface area contributed by atoms with Gasteiger partial charge in [0.25, 0.3) is 0 Å². The minimum Gasteiger partial charge on any atom is -0.506 e. The van der Waals surface area contributed by atoms with Crippen molar-refractivity contribution in [3.63, 3.8) is 0 Å². The number of rotatable bonds is 4. The van der Waals surface area contributed by atoms with Gasteiger partial charge in [-0.1, -0.05) is 23.7 Å². The molecule has 4 nitrogen and oxygen atoms in total. The molecule has 0 saturated heterocycles. The van der Waals surface area contributed by atoms with Crippen LogP contribution in [0.3, 0.4) is 0 Å². The molecule has 0 fully saturated rings. The number of phenols is 1. The Balaban J connectivity index is 2.12. The molecule has 118 valence electrons. The third-order valence-corrected chi connectivity index (χ3v) is 3.64. The van der Waals surface area contributed by atoms with Crippen LogP contribution in [0, 0.1) is 0 Å². The van der Waals surface area contributed by atoms with Crippen molar-refractivity contribution in [3.05, 3.63) is 57.9 Å². The zero-order valence-electron chi connectivity index (χ0n) is 11.9. The first-order valence-corrected chi connectivity index (χ1v) is 7.21. The van der Waals surface area contributed by atoms with Gasteiger partial charge in [-0.15, -0.1) is 0 Å². The molecular formula is C17H12ClFO4. The van der Waals surface area contributed by atoms with Crippen molar-refractivity contribution < 1.29 is 18.7 Å². The molecule has 3 aromatic rings. The van der Waals surface area contributed by atoms with Crippen molar-refractivity contribution in [2.45, 2.75) is 0 Å². The maximum absolute atomic E-state index is 12.6. The molecule has 0 saturated carbocycles. The topological polar surface area (TPSA) is 59.7 Å². The van der Waals surface area contributed by atoms with Gasteiger partial charge in [0.05, 0.1) is 16.0 Å². The van der Waals surface area contributed by atoms with Crippen molar-refractivity contribution in [2.24, 2.45) is 0 Å². The van der Waals surface area contributed by atoms with Crippen LogP contribution in [-0.2, 0) is 0 Å². The Bertz CT molecular complexity index is 920. The van der Waals surface area contributed by atoms with E-state index in [0.29, 0.717) is 16.9 Å². The number of benzene rings is 2. The molecule has 0 aliphatic heterocycles. The first-order valence-electron chi connectivity index (χ1n) is 6.83. The fourth-order valence-electron chi connectivity index (χ4n) is 2.25. The molecular weight excluding hydrogens is 323 g/mol. The van der Waals surface area contributed by atoms with Crippen LogP contribution in [0.1, 0.15) is 0 Å². The molecule has 0 unspecified atom stereocenters. The zero-order chi connectivity index (χ0) is 16.4. The summed E-state index contributed by atoms with van der Waals surface area (Å²) in [5.41, 5.74) is 0.868. The molecule has 1 heterocycles. The summed E-state index contributed by atoms with van der Waals surface area (Å²) in [6.07, 6.45) is 1.31. The van der Waals surface area contributed by atoms with Crippen LogP contribution in [0.4, 0.5) is 4.39 Å². The van der Waals surface area contributed by atoms with E-state index in [4.69, 9.17) is 20.8 Å². The van der Waals surface area contributed by atoms with Gasteiger partial charge >= 0.3 is 0 Å². The third-order valence-electron chi connectivity index (χ3n) is 3.33. The summed E-state index contributed by atoms with van der Waals surface area (Å²) in [6.45, 7) is -0.644. The van der Waals surface area contributed by atoms with Crippen LogP contribution in [0.15, 0.2) is 51.9 Å². The van der Waals surface area contributed by atoms with E-state index >= 15 is 0 Å². The Kier molecular flexibility index (Phi) is 4.21. The minimum absolute atomic E-state index is 0.0509. The lowest BCUT2D eigenvalue weighted by molar-refractivity contribution is 0.273. The lowest BCUT2D eigenvalue weighted by Crippen LogP contribution is -2.05. The highest BCUT2D eigenvalue weighted by Gasteiger charge is 2.12. The van der Waals surface area contributed by atoms with Crippen LogP contribution >= 0.6 is 11.6 Å². The van der Waals surface area contributed by atoms with Crippen LogP contribution in [0.2, 0.25) is 5.02 Å². The third kappa shape index (κ3) is 3.00. The smallest absolute Gasteiger partial charge is 0.200 e. The highest BCUT2D eigenvalue weighted by atomic mass is 35.5. The molecule has 0 amide bonds. The summed E-state index contributed by atoms with van der Waals surface area (Å²) >= 11 is 5.85. The van der Waals surface area contributed by atoms with Crippen molar-refractivity contribution in [1.29, 1.82) is 0 Å². The lowest BCUT2D eigenvalue weighted by atomic mass is 10.1. The molecule has 3 rings (SSSR count). The van der Waals surface area contributed by atoms with Crippen molar-refractivity contribution in [2.75, 3.05) is 13.3 Å². The molecule has 1 aromatic heterocycles. The normalized spacial score (nSPS) is 10.9. The Labute approximate surface area is 135 Å². The van der Waals surface area contributed by atoms with Gasteiger partial charge in [-0.2, -0.15) is 0 Å². The number of hydrogen-bond acceptors (Lipinski definition) is 4. The highest BCUT2D eigenvalue weighted by molar-refractivity contribution is 6.32. The lowest BCUT2D eigenvalue weighted by Gasteiger charge is -2.07. The fourth-order valence-corrected chi connectivity index (χ4v) is 2.41. The number of ether oxygens (including phenoxy) is 1. The van der Waals surface area contributed by atoms with Crippen LogP contribution in [-0.4, -0.2) is 18.4 Å². The first kappa shape index (κ1) is 15.4. The van der Waals surface area contributed by atoms with E-state index < -0.39 is 6.67 Å². The first-order chi connectivity index (χ1) is 11.1. The van der Waals surface area contributed by atoms with E-state index in [9.17, 15) is 14.3 Å². The molecule has 0 spiro atoms. The molecule has 6 heteroatoms. The Hall–Kier alpha value is -2.53. The van der Waals surface area contributed by atoms with Crippen molar-refractivity contribution in [3.8, 4) is 22.6 Å². The Morgan fingerprint density at radius 1 is 1.26 bits per heavy atom. The minimum atomic E-state index is -0.593. The maximum atomic E-state index is 12.6. The average Bonchev–Trinajstić information content (AvgIpc) is 2.55. The number of hydrogen-bond donors (Lipinski definition) is 1. The van der Waals surface area contributed by atoms with Gasteiger partial charge in [-0.05, 0) is 23.8 Å². The monoisotopic (exact) mass is 334 g/mol. The average molecular weight is 335 g/mol. The standard InChI is InChI=1S/C17H12ClFO4/c18-14-7-12-16(8-15(14)20)23-9-13(17(12)21)10-2-1-3-11(6-10)22-5-4-19/h1-3,6-9,20H,4-5H2. The number of phenolic OH excluding ortho intramolecular Hbond substituents is 1. The van der Waals surface area contributed by atoms with Gasteiger partial charge in [0.1, 0.15) is 36.6 Å². The Morgan fingerprint density at radius 2 is 2.09 bits per heavy atom. The molecule has 23 heavy (non-hydrogen) atoms.